The van der Waals surface area contributed by atoms with Crippen LogP contribution in [0.2, 0.25) is 0 Å². The molecule has 0 saturated carbocycles. The van der Waals surface area contributed by atoms with Gasteiger partial charge < -0.3 is 9.47 Å². The van der Waals surface area contributed by atoms with E-state index in [1.54, 1.807) is 0 Å². The van der Waals surface area contributed by atoms with E-state index >= 15 is 0 Å². The summed E-state index contributed by atoms with van der Waals surface area (Å²) in [6.07, 6.45) is 1.21. The molecule has 20 heavy (non-hydrogen) atoms. The van der Waals surface area contributed by atoms with E-state index in [1.165, 1.54) is 7.11 Å². The minimum Gasteiger partial charge on any atom is -0.490 e. The zero-order chi connectivity index (χ0) is 14.5. The lowest BCUT2D eigenvalue weighted by Crippen LogP contribution is -2.06. The second kappa shape index (κ2) is 6.42. The molecule has 0 radical (unpaired) electrons. The Bertz CT molecular complexity index is 602. The Morgan fingerprint density at radius 1 is 1.10 bits per heavy atom. The summed E-state index contributed by atoms with van der Waals surface area (Å²) in [5.74, 6) is 0.703. The third-order valence-electron chi connectivity index (χ3n) is 3.16. The number of methoxy groups -OCH3 is 1. The summed E-state index contributed by atoms with van der Waals surface area (Å²) in [4.78, 5) is 11.3. The van der Waals surface area contributed by atoms with Gasteiger partial charge in [-0.3, -0.25) is 4.79 Å². The highest BCUT2D eigenvalue weighted by Gasteiger charge is 2.09. The fraction of sp³-hybridized carbons (Fsp3) is 0.353. The molecule has 0 heterocycles. The van der Waals surface area contributed by atoms with Gasteiger partial charge in [-0.05, 0) is 37.3 Å². The van der Waals surface area contributed by atoms with Crippen LogP contribution in [-0.2, 0) is 16.0 Å². The summed E-state index contributed by atoms with van der Waals surface area (Å²) in [6.45, 7) is 4.03. The molecule has 0 spiro atoms. The first-order chi connectivity index (χ1) is 9.61. The molecule has 0 aliphatic rings. The number of aryl methyl sites for hydroxylation is 1. The zero-order valence-electron chi connectivity index (χ0n) is 12.2. The van der Waals surface area contributed by atoms with Gasteiger partial charge in [-0.2, -0.15) is 0 Å². The van der Waals surface area contributed by atoms with Gasteiger partial charge in [-0.25, -0.2) is 0 Å². The van der Waals surface area contributed by atoms with Crippen LogP contribution in [0.3, 0.4) is 0 Å². The molecule has 2 rings (SSSR count). The van der Waals surface area contributed by atoms with E-state index in [-0.39, 0.29) is 12.1 Å². The van der Waals surface area contributed by atoms with Crippen molar-refractivity contribution in [1.82, 2.24) is 0 Å². The molecule has 0 unspecified atom stereocenters. The minimum absolute atomic E-state index is 0.138. The predicted molar refractivity (Wildman–Crippen MR) is 80.0 cm³/mol. The average Bonchev–Trinajstić information content (AvgIpc) is 2.45. The largest absolute Gasteiger partial charge is 0.490 e. The molecule has 106 valence electrons. The monoisotopic (exact) mass is 272 g/mol. The predicted octanol–water partition coefficient (Wildman–Crippen LogP) is 3.73. The maximum absolute atomic E-state index is 11.3. The fourth-order valence-corrected chi connectivity index (χ4v) is 2.25. The van der Waals surface area contributed by atoms with Crippen molar-refractivity contribution >= 4 is 16.7 Å². The van der Waals surface area contributed by atoms with Gasteiger partial charge in [0.1, 0.15) is 5.75 Å². The fourth-order valence-electron chi connectivity index (χ4n) is 2.25. The van der Waals surface area contributed by atoms with Crippen LogP contribution < -0.4 is 4.74 Å². The number of fused-ring (bicyclic) bond motifs is 1. The van der Waals surface area contributed by atoms with Crippen molar-refractivity contribution in [3.8, 4) is 5.75 Å². The molecule has 0 aliphatic carbocycles. The van der Waals surface area contributed by atoms with E-state index in [1.807, 2.05) is 38.1 Å². The number of rotatable bonds is 5. The van der Waals surface area contributed by atoms with Crippen LogP contribution >= 0.6 is 0 Å². The minimum atomic E-state index is -0.184. The summed E-state index contributed by atoms with van der Waals surface area (Å²) < 4.78 is 10.5. The van der Waals surface area contributed by atoms with Crippen LogP contribution in [0.5, 0.6) is 5.75 Å². The molecule has 0 N–H and O–H groups in total. The van der Waals surface area contributed by atoms with Gasteiger partial charge >= 0.3 is 5.97 Å². The van der Waals surface area contributed by atoms with E-state index in [0.717, 1.165) is 22.1 Å². The maximum atomic E-state index is 11.3. The van der Waals surface area contributed by atoms with Crippen LogP contribution in [0.4, 0.5) is 0 Å². The van der Waals surface area contributed by atoms with Crippen LogP contribution in [0, 0.1) is 0 Å². The van der Waals surface area contributed by atoms with Crippen molar-refractivity contribution in [3.63, 3.8) is 0 Å². The number of carbonyl (C=O) groups is 1. The molecular formula is C17H20O3. The summed E-state index contributed by atoms with van der Waals surface area (Å²) in [6, 6.07) is 12.1. The molecule has 0 aromatic heterocycles. The second-order valence-electron chi connectivity index (χ2n) is 5.01. The lowest BCUT2D eigenvalue weighted by molar-refractivity contribution is -0.140. The van der Waals surface area contributed by atoms with Crippen LogP contribution in [0.15, 0.2) is 36.4 Å². The Morgan fingerprint density at radius 3 is 2.45 bits per heavy atom. The smallest absolute Gasteiger partial charge is 0.305 e. The Kier molecular flexibility index (Phi) is 4.61. The van der Waals surface area contributed by atoms with E-state index in [4.69, 9.17) is 9.47 Å². The maximum Gasteiger partial charge on any atom is 0.305 e. The molecular weight excluding hydrogens is 252 g/mol. The summed E-state index contributed by atoms with van der Waals surface area (Å²) in [5.41, 5.74) is 1.14. The first kappa shape index (κ1) is 14.4. The Labute approximate surface area is 119 Å². The number of carbonyl (C=O) groups excluding carboxylic acids is 1. The normalized spacial score (nSPS) is 10.8. The van der Waals surface area contributed by atoms with Gasteiger partial charge in [0.2, 0.25) is 0 Å². The topological polar surface area (TPSA) is 35.5 Å². The first-order valence-electron chi connectivity index (χ1n) is 6.86. The molecule has 0 amide bonds. The average molecular weight is 272 g/mol. The Hall–Kier alpha value is -2.03. The van der Waals surface area contributed by atoms with Crippen molar-refractivity contribution in [2.45, 2.75) is 32.8 Å². The van der Waals surface area contributed by atoms with E-state index in [2.05, 4.69) is 12.1 Å². The highest BCUT2D eigenvalue weighted by atomic mass is 16.5. The Morgan fingerprint density at radius 2 is 1.80 bits per heavy atom. The lowest BCUT2D eigenvalue weighted by atomic mass is 10.00. The van der Waals surface area contributed by atoms with E-state index < -0.39 is 0 Å². The van der Waals surface area contributed by atoms with Crippen molar-refractivity contribution < 1.29 is 14.3 Å². The molecule has 0 bridgehead atoms. The first-order valence-corrected chi connectivity index (χ1v) is 6.86. The molecule has 2 aromatic rings. The third-order valence-corrected chi connectivity index (χ3v) is 3.16. The van der Waals surface area contributed by atoms with Crippen molar-refractivity contribution in [1.29, 1.82) is 0 Å². The standard InChI is InChI=1S/C17H20O3/c1-12(2)20-16-10-8-13(9-11-17(18)19-3)14-6-4-5-7-15(14)16/h4-8,10,12H,9,11H2,1-3H3. The van der Waals surface area contributed by atoms with Gasteiger partial charge in [0.25, 0.3) is 0 Å². The summed E-state index contributed by atoms with van der Waals surface area (Å²) in [7, 11) is 1.42. The summed E-state index contributed by atoms with van der Waals surface area (Å²) in [5, 5.41) is 2.22. The number of hydrogen-bond acceptors (Lipinski definition) is 3. The molecule has 0 saturated heterocycles. The van der Waals surface area contributed by atoms with Gasteiger partial charge in [0.15, 0.2) is 0 Å². The lowest BCUT2D eigenvalue weighted by Gasteiger charge is -2.14. The number of ether oxygens (including phenoxy) is 2. The molecule has 3 heteroatoms. The number of esters is 1. The van der Waals surface area contributed by atoms with E-state index in [9.17, 15) is 4.79 Å². The Balaban J connectivity index is 2.35. The van der Waals surface area contributed by atoms with Gasteiger partial charge in [-0.1, -0.05) is 30.3 Å². The quantitative estimate of drug-likeness (QED) is 0.778. The number of benzene rings is 2. The molecule has 2 aromatic carbocycles. The van der Waals surface area contributed by atoms with E-state index in [0.29, 0.717) is 12.8 Å². The number of hydrogen-bond donors (Lipinski definition) is 0. The van der Waals surface area contributed by atoms with Gasteiger partial charge in [0, 0.05) is 11.8 Å². The molecule has 0 atom stereocenters. The van der Waals surface area contributed by atoms with Crippen molar-refractivity contribution in [3.05, 3.63) is 42.0 Å². The van der Waals surface area contributed by atoms with Crippen LogP contribution in [0.25, 0.3) is 10.8 Å². The third kappa shape index (κ3) is 3.29. The second-order valence-corrected chi connectivity index (χ2v) is 5.01. The van der Waals surface area contributed by atoms with Crippen molar-refractivity contribution in [2.24, 2.45) is 0 Å². The van der Waals surface area contributed by atoms with Gasteiger partial charge in [0.05, 0.1) is 13.2 Å². The summed E-state index contributed by atoms with van der Waals surface area (Å²) >= 11 is 0. The van der Waals surface area contributed by atoms with Crippen LogP contribution in [-0.4, -0.2) is 19.2 Å². The highest BCUT2D eigenvalue weighted by molar-refractivity contribution is 5.91. The molecule has 3 nitrogen and oxygen atoms in total. The SMILES string of the molecule is COC(=O)CCc1ccc(OC(C)C)c2ccccc12. The molecule has 0 fully saturated rings. The molecule has 0 aliphatic heterocycles. The van der Waals surface area contributed by atoms with Crippen LogP contribution in [0.1, 0.15) is 25.8 Å². The van der Waals surface area contributed by atoms with Crippen molar-refractivity contribution in [2.75, 3.05) is 7.11 Å². The van der Waals surface area contributed by atoms with Gasteiger partial charge in [-0.15, -0.1) is 0 Å². The zero-order valence-corrected chi connectivity index (χ0v) is 12.2. The highest BCUT2D eigenvalue weighted by Crippen LogP contribution is 2.30.